The summed E-state index contributed by atoms with van der Waals surface area (Å²) in [5, 5.41) is 2.60. The SMILES string of the molecule is CCc1ccc(NC(=O)C(C)OC(=O)c2ccc(F)cc2F)cc1. The van der Waals surface area contributed by atoms with Crippen molar-refractivity contribution in [1.29, 1.82) is 0 Å². The lowest BCUT2D eigenvalue weighted by atomic mass is 10.1. The number of benzene rings is 2. The summed E-state index contributed by atoms with van der Waals surface area (Å²) >= 11 is 0. The molecular weight excluding hydrogens is 316 g/mol. The van der Waals surface area contributed by atoms with Gasteiger partial charge in [0.25, 0.3) is 5.91 Å². The molecule has 0 spiro atoms. The predicted octanol–water partition coefficient (Wildman–Crippen LogP) is 3.71. The van der Waals surface area contributed by atoms with Gasteiger partial charge in [0.15, 0.2) is 6.10 Å². The Morgan fingerprint density at radius 2 is 1.79 bits per heavy atom. The molecule has 0 aliphatic heterocycles. The van der Waals surface area contributed by atoms with Crippen LogP contribution in [0.4, 0.5) is 14.5 Å². The van der Waals surface area contributed by atoms with Crippen LogP contribution in [-0.4, -0.2) is 18.0 Å². The number of anilines is 1. The summed E-state index contributed by atoms with van der Waals surface area (Å²) in [5.41, 5.74) is 1.26. The van der Waals surface area contributed by atoms with Crippen molar-refractivity contribution in [2.24, 2.45) is 0 Å². The van der Waals surface area contributed by atoms with Crippen LogP contribution in [0.5, 0.6) is 0 Å². The van der Waals surface area contributed by atoms with Gasteiger partial charge in [0.2, 0.25) is 0 Å². The lowest BCUT2D eigenvalue weighted by molar-refractivity contribution is -0.123. The van der Waals surface area contributed by atoms with Gasteiger partial charge in [0.1, 0.15) is 11.6 Å². The zero-order chi connectivity index (χ0) is 17.7. The van der Waals surface area contributed by atoms with Crippen LogP contribution >= 0.6 is 0 Å². The van der Waals surface area contributed by atoms with E-state index in [1.807, 2.05) is 19.1 Å². The molecule has 0 saturated carbocycles. The predicted molar refractivity (Wildman–Crippen MR) is 85.7 cm³/mol. The van der Waals surface area contributed by atoms with Crippen LogP contribution in [0.3, 0.4) is 0 Å². The molecule has 0 radical (unpaired) electrons. The molecule has 0 saturated heterocycles. The number of carbonyl (C=O) groups excluding carboxylic acids is 2. The fourth-order valence-corrected chi connectivity index (χ4v) is 2.00. The van der Waals surface area contributed by atoms with Gasteiger partial charge >= 0.3 is 5.97 Å². The Morgan fingerprint density at radius 3 is 2.38 bits per heavy atom. The van der Waals surface area contributed by atoms with Crippen molar-refractivity contribution in [2.75, 3.05) is 5.32 Å². The summed E-state index contributed by atoms with van der Waals surface area (Å²) in [5.74, 6) is -3.42. The first kappa shape index (κ1) is 17.6. The van der Waals surface area contributed by atoms with Crippen LogP contribution in [-0.2, 0) is 16.0 Å². The zero-order valence-corrected chi connectivity index (χ0v) is 13.3. The van der Waals surface area contributed by atoms with E-state index < -0.39 is 35.2 Å². The second-order valence-electron chi connectivity index (χ2n) is 5.21. The van der Waals surface area contributed by atoms with Gasteiger partial charge in [-0.15, -0.1) is 0 Å². The molecule has 126 valence electrons. The van der Waals surface area contributed by atoms with E-state index in [-0.39, 0.29) is 0 Å². The molecule has 1 unspecified atom stereocenters. The molecule has 0 aromatic heterocycles. The molecule has 4 nitrogen and oxygen atoms in total. The van der Waals surface area contributed by atoms with E-state index in [1.165, 1.54) is 6.92 Å². The monoisotopic (exact) mass is 333 g/mol. The third-order valence-corrected chi connectivity index (χ3v) is 3.43. The van der Waals surface area contributed by atoms with Crippen LogP contribution < -0.4 is 5.32 Å². The minimum atomic E-state index is -1.13. The highest BCUT2D eigenvalue weighted by Crippen LogP contribution is 2.14. The van der Waals surface area contributed by atoms with Gasteiger partial charge < -0.3 is 10.1 Å². The standard InChI is InChI=1S/C18H17F2NO3/c1-3-12-4-7-14(8-5-12)21-17(22)11(2)24-18(23)15-9-6-13(19)10-16(15)20/h4-11H,3H2,1-2H3,(H,21,22). The Labute approximate surface area is 138 Å². The number of aryl methyl sites for hydroxylation is 1. The summed E-state index contributed by atoms with van der Waals surface area (Å²) in [7, 11) is 0. The van der Waals surface area contributed by atoms with Crippen LogP contribution in [0, 0.1) is 11.6 Å². The largest absolute Gasteiger partial charge is 0.449 e. The van der Waals surface area contributed by atoms with E-state index in [0.29, 0.717) is 11.8 Å². The van der Waals surface area contributed by atoms with Gasteiger partial charge in [0.05, 0.1) is 5.56 Å². The molecule has 0 aliphatic carbocycles. The number of ether oxygens (including phenoxy) is 1. The van der Waals surface area contributed by atoms with Gasteiger partial charge in [-0.1, -0.05) is 19.1 Å². The second-order valence-corrected chi connectivity index (χ2v) is 5.21. The van der Waals surface area contributed by atoms with Crippen molar-refractivity contribution < 1.29 is 23.1 Å². The van der Waals surface area contributed by atoms with Crippen molar-refractivity contribution in [3.8, 4) is 0 Å². The van der Waals surface area contributed by atoms with Gasteiger partial charge in [-0.25, -0.2) is 13.6 Å². The van der Waals surface area contributed by atoms with E-state index in [9.17, 15) is 18.4 Å². The first-order valence-corrected chi connectivity index (χ1v) is 7.46. The van der Waals surface area contributed by atoms with Crippen LogP contribution in [0.25, 0.3) is 0 Å². The molecule has 2 aromatic rings. The summed E-state index contributed by atoms with van der Waals surface area (Å²) in [4.78, 5) is 23.9. The summed E-state index contributed by atoms with van der Waals surface area (Å²) < 4.78 is 31.3. The molecule has 0 aliphatic rings. The highest BCUT2D eigenvalue weighted by molar-refractivity contribution is 5.97. The van der Waals surface area contributed by atoms with Gasteiger partial charge in [-0.3, -0.25) is 4.79 Å². The topological polar surface area (TPSA) is 55.4 Å². The van der Waals surface area contributed by atoms with Gasteiger partial charge in [-0.2, -0.15) is 0 Å². The van der Waals surface area contributed by atoms with Crippen molar-refractivity contribution in [3.05, 3.63) is 65.2 Å². The number of nitrogens with one attached hydrogen (secondary N) is 1. The smallest absolute Gasteiger partial charge is 0.341 e. The highest BCUT2D eigenvalue weighted by Gasteiger charge is 2.21. The zero-order valence-electron chi connectivity index (χ0n) is 13.3. The van der Waals surface area contributed by atoms with E-state index in [2.05, 4.69) is 5.32 Å². The maximum absolute atomic E-state index is 13.5. The number of amides is 1. The van der Waals surface area contributed by atoms with Crippen LogP contribution in [0.15, 0.2) is 42.5 Å². The quantitative estimate of drug-likeness (QED) is 0.849. The van der Waals surface area contributed by atoms with Gasteiger partial charge in [-0.05, 0) is 43.2 Å². The Hall–Kier alpha value is -2.76. The lowest BCUT2D eigenvalue weighted by Crippen LogP contribution is -2.30. The molecule has 0 bridgehead atoms. The van der Waals surface area contributed by atoms with Crippen LogP contribution in [0.2, 0.25) is 0 Å². The Balaban J connectivity index is 1.98. The third kappa shape index (κ3) is 4.38. The minimum Gasteiger partial charge on any atom is -0.449 e. The number of esters is 1. The highest BCUT2D eigenvalue weighted by atomic mass is 19.1. The molecule has 1 N–H and O–H groups in total. The lowest BCUT2D eigenvalue weighted by Gasteiger charge is -2.14. The first-order valence-electron chi connectivity index (χ1n) is 7.46. The van der Waals surface area contributed by atoms with E-state index in [4.69, 9.17) is 4.74 Å². The average molecular weight is 333 g/mol. The Morgan fingerprint density at radius 1 is 1.12 bits per heavy atom. The molecular formula is C18H17F2NO3. The Kier molecular flexibility index (Phi) is 5.63. The normalized spacial score (nSPS) is 11.7. The average Bonchev–Trinajstić information content (AvgIpc) is 2.55. The van der Waals surface area contributed by atoms with Gasteiger partial charge in [0, 0.05) is 11.8 Å². The van der Waals surface area contributed by atoms with Crippen molar-refractivity contribution in [3.63, 3.8) is 0 Å². The molecule has 6 heteroatoms. The van der Waals surface area contributed by atoms with E-state index in [1.54, 1.807) is 12.1 Å². The molecule has 2 rings (SSSR count). The van der Waals surface area contributed by atoms with Crippen molar-refractivity contribution in [2.45, 2.75) is 26.4 Å². The first-order chi connectivity index (χ1) is 11.4. The number of halogens is 2. The van der Waals surface area contributed by atoms with Crippen molar-refractivity contribution >= 4 is 17.6 Å². The number of rotatable bonds is 5. The summed E-state index contributed by atoms with van der Waals surface area (Å²) in [6.45, 7) is 3.39. The molecule has 24 heavy (non-hydrogen) atoms. The maximum Gasteiger partial charge on any atom is 0.341 e. The summed E-state index contributed by atoms with van der Waals surface area (Å²) in [6.07, 6.45) is -0.251. The van der Waals surface area contributed by atoms with Crippen LogP contribution in [0.1, 0.15) is 29.8 Å². The molecule has 0 fully saturated rings. The number of hydrogen-bond donors (Lipinski definition) is 1. The number of carbonyl (C=O) groups is 2. The fourth-order valence-electron chi connectivity index (χ4n) is 2.00. The molecule has 1 amide bonds. The maximum atomic E-state index is 13.5. The number of hydrogen-bond acceptors (Lipinski definition) is 3. The third-order valence-electron chi connectivity index (χ3n) is 3.43. The molecule has 2 aromatic carbocycles. The van der Waals surface area contributed by atoms with Crippen molar-refractivity contribution in [1.82, 2.24) is 0 Å². The molecule has 1 atom stereocenters. The second kappa shape index (κ2) is 7.68. The molecule has 0 heterocycles. The Bertz CT molecular complexity index is 744. The minimum absolute atomic E-state index is 0.427. The fraction of sp³-hybridized carbons (Fsp3) is 0.222. The van der Waals surface area contributed by atoms with E-state index >= 15 is 0 Å². The van der Waals surface area contributed by atoms with E-state index in [0.717, 1.165) is 24.1 Å². The summed E-state index contributed by atoms with van der Waals surface area (Å²) in [6, 6.07) is 9.73.